The number of thioether (sulfide) groups is 1. The maximum Gasteiger partial charge on any atom is 0.232 e. The van der Waals surface area contributed by atoms with Gasteiger partial charge in [-0.15, -0.1) is 5.10 Å². The van der Waals surface area contributed by atoms with E-state index in [0.29, 0.717) is 30.7 Å². The second-order valence-electron chi connectivity index (χ2n) is 6.78. The lowest BCUT2D eigenvalue weighted by Crippen LogP contribution is -2.47. The third-order valence-electron chi connectivity index (χ3n) is 4.90. The van der Waals surface area contributed by atoms with Gasteiger partial charge in [0.25, 0.3) is 0 Å². The van der Waals surface area contributed by atoms with Crippen LogP contribution in [-0.4, -0.2) is 69.0 Å². The monoisotopic (exact) mass is 351 g/mol. The van der Waals surface area contributed by atoms with Crippen LogP contribution in [0.15, 0.2) is 11.2 Å². The lowest BCUT2D eigenvalue weighted by molar-refractivity contribution is -0.141. The molecule has 1 aromatic heterocycles. The van der Waals surface area contributed by atoms with Gasteiger partial charge in [-0.05, 0) is 31.6 Å². The molecule has 0 spiro atoms. The molecular formula is C16H25N5O2S. The largest absolute Gasteiger partial charge is 0.342 e. The predicted molar refractivity (Wildman–Crippen MR) is 91.4 cm³/mol. The fourth-order valence-electron chi connectivity index (χ4n) is 3.51. The Labute approximate surface area is 146 Å². The van der Waals surface area contributed by atoms with Gasteiger partial charge in [-0.3, -0.25) is 9.59 Å². The Balaban J connectivity index is 1.43. The van der Waals surface area contributed by atoms with E-state index in [9.17, 15) is 9.59 Å². The zero-order valence-electron chi connectivity index (χ0n) is 14.1. The molecule has 0 aliphatic carbocycles. The predicted octanol–water partition coefficient (Wildman–Crippen LogP) is 1.39. The fourth-order valence-corrected chi connectivity index (χ4v) is 4.20. The minimum absolute atomic E-state index is 0.0857. The number of likely N-dealkylation sites (tertiary alicyclic amines) is 2. The highest BCUT2D eigenvalue weighted by Gasteiger charge is 2.31. The van der Waals surface area contributed by atoms with E-state index < -0.39 is 0 Å². The molecule has 0 aromatic carbocycles. The van der Waals surface area contributed by atoms with Crippen LogP contribution in [0.4, 0.5) is 0 Å². The minimum atomic E-state index is 0.0857. The van der Waals surface area contributed by atoms with Gasteiger partial charge in [0, 0.05) is 32.1 Å². The van der Waals surface area contributed by atoms with Crippen molar-refractivity contribution >= 4 is 23.6 Å². The number of hydrogen-bond donors (Lipinski definition) is 1. The number of hydrogen-bond acceptors (Lipinski definition) is 5. The van der Waals surface area contributed by atoms with E-state index in [4.69, 9.17) is 0 Å². The smallest absolute Gasteiger partial charge is 0.232 e. The molecule has 2 amide bonds. The van der Waals surface area contributed by atoms with Crippen LogP contribution in [-0.2, 0) is 9.59 Å². The Hall–Kier alpha value is -1.57. The van der Waals surface area contributed by atoms with Crippen LogP contribution < -0.4 is 0 Å². The Morgan fingerprint density at radius 3 is 2.71 bits per heavy atom. The summed E-state index contributed by atoms with van der Waals surface area (Å²) in [4.78, 5) is 28.8. The number of aromatic nitrogens is 3. The van der Waals surface area contributed by atoms with E-state index in [1.807, 2.05) is 9.80 Å². The molecule has 7 nitrogen and oxygen atoms in total. The highest BCUT2D eigenvalue weighted by Crippen LogP contribution is 2.24. The van der Waals surface area contributed by atoms with Crippen molar-refractivity contribution in [1.82, 2.24) is 25.2 Å². The summed E-state index contributed by atoms with van der Waals surface area (Å²) in [6.45, 7) is 5.37. The molecule has 132 valence electrons. The number of H-pyrrole nitrogens is 1. The first-order valence-corrected chi connectivity index (χ1v) is 9.67. The van der Waals surface area contributed by atoms with Crippen LogP contribution in [0.25, 0.3) is 0 Å². The van der Waals surface area contributed by atoms with Crippen molar-refractivity contribution in [3.05, 3.63) is 6.20 Å². The summed E-state index contributed by atoms with van der Waals surface area (Å²) >= 11 is 1.39. The first kappa shape index (κ1) is 17.3. The van der Waals surface area contributed by atoms with Gasteiger partial charge in [0.05, 0.1) is 11.9 Å². The molecule has 2 aliphatic heterocycles. The van der Waals surface area contributed by atoms with Crippen LogP contribution in [0.5, 0.6) is 0 Å². The number of amides is 2. The summed E-state index contributed by atoms with van der Waals surface area (Å²) in [7, 11) is 0. The second-order valence-corrected chi connectivity index (χ2v) is 7.78. The SMILES string of the molecule is C[C@H]1CCCN(C(=O)C2CCN(C(=O)CSc3cn[nH]n3)CC2)C1. The van der Waals surface area contributed by atoms with E-state index in [1.54, 1.807) is 6.20 Å². The summed E-state index contributed by atoms with van der Waals surface area (Å²) in [5, 5.41) is 10.9. The van der Waals surface area contributed by atoms with Crippen LogP contribution in [0.3, 0.4) is 0 Å². The van der Waals surface area contributed by atoms with Crippen LogP contribution >= 0.6 is 11.8 Å². The average Bonchev–Trinajstić information content (AvgIpc) is 3.13. The molecule has 24 heavy (non-hydrogen) atoms. The number of carbonyl (C=O) groups excluding carboxylic acids is 2. The molecule has 3 heterocycles. The third-order valence-corrected chi connectivity index (χ3v) is 5.79. The quantitative estimate of drug-likeness (QED) is 0.829. The molecule has 1 aromatic rings. The van der Waals surface area contributed by atoms with Crippen molar-refractivity contribution in [2.45, 2.75) is 37.6 Å². The first-order chi connectivity index (χ1) is 11.6. The van der Waals surface area contributed by atoms with Crippen molar-refractivity contribution < 1.29 is 9.59 Å². The molecular weight excluding hydrogens is 326 g/mol. The highest BCUT2D eigenvalue weighted by atomic mass is 32.2. The van der Waals surface area contributed by atoms with E-state index in [-0.39, 0.29) is 11.8 Å². The Morgan fingerprint density at radius 2 is 2.04 bits per heavy atom. The Bertz CT molecular complexity index is 557. The van der Waals surface area contributed by atoms with Crippen molar-refractivity contribution in [2.75, 3.05) is 31.9 Å². The molecule has 0 saturated carbocycles. The zero-order chi connectivity index (χ0) is 16.9. The minimum Gasteiger partial charge on any atom is -0.342 e. The Morgan fingerprint density at radius 1 is 1.25 bits per heavy atom. The van der Waals surface area contributed by atoms with E-state index >= 15 is 0 Å². The summed E-state index contributed by atoms with van der Waals surface area (Å²) in [6.07, 6.45) is 5.51. The van der Waals surface area contributed by atoms with E-state index in [1.165, 1.54) is 18.2 Å². The van der Waals surface area contributed by atoms with Crippen LogP contribution in [0, 0.1) is 11.8 Å². The summed E-state index contributed by atoms with van der Waals surface area (Å²) < 4.78 is 0. The summed E-state index contributed by atoms with van der Waals surface area (Å²) in [5.74, 6) is 1.47. The van der Waals surface area contributed by atoms with Gasteiger partial charge in [-0.2, -0.15) is 10.3 Å². The van der Waals surface area contributed by atoms with Crippen molar-refractivity contribution in [2.24, 2.45) is 11.8 Å². The average molecular weight is 351 g/mol. The van der Waals surface area contributed by atoms with Gasteiger partial charge in [-0.1, -0.05) is 18.7 Å². The zero-order valence-corrected chi connectivity index (χ0v) is 14.9. The molecule has 0 unspecified atom stereocenters. The van der Waals surface area contributed by atoms with Gasteiger partial charge in [0.2, 0.25) is 11.8 Å². The topological polar surface area (TPSA) is 82.2 Å². The molecule has 1 atom stereocenters. The molecule has 0 bridgehead atoms. The van der Waals surface area contributed by atoms with Gasteiger partial charge in [0.1, 0.15) is 5.03 Å². The lowest BCUT2D eigenvalue weighted by Gasteiger charge is -2.37. The first-order valence-electron chi connectivity index (χ1n) is 8.68. The van der Waals surface area contributed by atoms with E-state index in [2.05, 4.69) is 22.3 Å². The number of carbonyl (C=O) groups is 2. The third kappa shape index (κ3) is 4.28. The van der Waals surface area contributed by atoms with Gasteiger partial charge in [-0.25, -0.2) is 0 Å². The van der Waals surface area contributed by atoms with Crippen molar-refractivity contribution in [3.63, 3.8) is 0 Å². The van der Waals surface area contributed by atoms with Crippen molar-refractivity contribution in [3.8, 4) is 0 Å². The molecule has 2 fully saturated rings. The molecule has 1 N–H and O–H groups in total. The number of nitrogens with one attached hydrogen (secondary N) is 1. The van der Waals surface area contributed by atoms with Crippen LogP contribution in [0.2, 0.25) is 0 Å². The number of nitrogens with zero attached hydrogens (tertiary/aromatic N) is 4. The second kappa shape index (κ2) is 8.00. The molecule has 2 saturated heterocycles. The number of rotatable bonds is 4. The molecule has 8 heteroatoms. The lowest BCUT2D eigenvalue weighted by atomic mass is 9.93. The highest BCUT2D eigenvalue weighted by molar-refractivity contribution is 7.99. The number of aromatic amines is 1. The molecule has 2 aliphatic rings. The maximum atomic E-state index is 12.7. The molecule has 3 rings (SSSR count). The summed E-state index contributed by atoms with van der Waals surface area (Å²) in [6, 6.07) is 0. The number of piperidine rings is 2. The fraction of sp³-hybridized carbons (Fsp3) is 0.750. The maximum absolute atomic E-state index is 12.7. The van der Waals surface area contributed by atoms with E-state index in [0.717, 1.165) is 37.4 Å². The van der Waals surface area contributed by atoms with Crippen LogP contribution in [0.1, 0.15) is 32.6 Å². The van der Waals surface area contributed by atoms with Gasteiger partial charge in [0.15, 0.2) is 0 Å². The van der Waals surface area contributed by atoms with Crippen molar-refractivity contribution in [1.29, 1.82) is 0 Å². The Kier molecular flexibility index (Phi) is 5.76. The standard InChI is InChI=1S/C16H25N5O2S/c1-12-3-2-6-21(10-12)16(23)13-4-7-20(8-5-13)15(22)11-24-14-9-17-19-18-14/h9,12-13H,2-8,10-11H2,1H3,(H,17,18,19)/t12-/m0/s1. The summed E-state index contributed by atoms with van der Waals surface area (Å²) in [5.41, 5.74) is 0. The van der Waals surface area contributed by atoms with Gasteiger partial charge < -0.3 is 9.80 Å². The normalized spacial score (nSPS) is 22.6. The van der Waals surface area contributed by atoms with Gasteiger partial charge >= 0.3 is 0 Å². The molecule has 0 radical (unpaired) electrons.